The molecule has 1 unspecified atom stereocenters. The Balaban J connectivity index is 1.56. The number of benzene rings is 1. The van der Waals surface area contributed by atoms with E-state index in [4.69, 9.17) is 0 Å². The largest absolute Gasteiger partial charge is 0.352 e. The smallest absolute Gasteiger partial charge is 0.243 e. The number of hydrogen-bond acceptors (Lipinski definition) is 5. The van der Waals surface area contributed by atoms with Crippen LogP contribution in [0.15, 0.2) is 29.2 Å². The van der Waals surface area contributed by atoms with E-state index in [1.54, 1.807) is 31.2 Å². The number of piperidine rings is 2. The second-order valence-electron chi connectivity index (χ2n) is 7.92. The summed E-state index contributed by atoms with van der Waals surface area (Å²) in [5, 5.41) is 2.86. The number of amides is 1. The van der Waals surface area contributed by atoms with E-state index < -0.39 is 20.0 Å². The summed E-state index contributed by atoms with van der Waals surface area (Å²) >= 11 is 0. The molecular weight excluding hydrogens is 426 g/mol. The average Bonchev–Trinajstić information content (AvgIpc) is 2.78. The van der Waals surface area contributed by atoms with Crippen LogP contribution in [-0.2, 0) is 31.4 Å². The number of carbonyl (C=O) groups excluding carboxylic acids is 1. The van der Waals surface area contributed by atoms with Gasteiger partial charge in [-0.25, -0.2) is 21.1 Å². The van der Waals surface area contributed by atoms with Crippen molar-refractivity contribution in [1.82, 2.24) is 13.9 Å². The number of nitrogens with one attached hydrogen (secondary N) is 1. The van der Waals surface area contributed by atoms with Crippen molar-refractivity contribution in [3.05, 3.63) is 29.8 Å². The van der Waals surface area contributed by atoms with Crippen molar-refractivity contribution in [3.8, 4) is 0 Å². The molecule has 30 heavy (non-hydrogen) atoms. The maximum atomic E-state index is 12.7. The third-order valence-corrected chi connectivity index (χ3v) is 9.62. The van der Waals surface area contributed by atoms with Gasteiger partial charge in [-0.2, -0.15) is 4.31 Å². The Hall–Kier alpha value is -1.49. The highest BCUT2D eigenvalue weighted by atomic mass is 32.2. The second kappa shape index (κ2) is 9.76. The van der Waals surface area contributed by atoms with Crippen molar-refractivity contribution in [2.75, 3.05) is 31.9 Å². The summed E-state index contributed by atoms with van der Waals surface area (Å²) in [5.74, 6) is -0.497. The molecule has 0 aliphatic carbocycles. The van der Waals surface area contributed by atoms with Crippen molar-refractivity contribution < 1.29 is 21.6 Å². The number of rotatable bonds is 7. The fourth-order valence-electron chi connectivity index (χ4n) is 3.96. The van der Waals surface area contributed by atoms with Crippen LogP contribution in [0.5, 0.6) is 0 Å². The van der Waals surface area contributed by atoms with Gasteiger partial charge in [-0.1, -0.05) is 18.6 Å². The minimum Gasteiger partial charge on any atom is -0.352 e. The molecule has 2 heterocycles. The van der Waals surface area contributed by atoms with Crippen LogP contribution in [0.1, 0.15) is 44.6 Å². The van der Waals surface area contributed by atoms with Gasteiger partial charge in [-0.05, 0) is 50.3 Å². The zero-order valence-corrected chi connectivity index (χ0v) is 19.1. The third-order valence-electron chi connectivity index (χ3n) is 5.86. The molecule has 0 saturated carbocycles. The molecule has 3 rings (SSSR count). The molecule has 1 aromatic rings. The first kappa shape index (κ1) is 23.2. The molecule has 2 aliphatic rings. The van der Waals surface area contributed by atoms with Gasteiger partial charge in [0.15, 0.2) is 0 Å². The van der Waals surface area contributed by atoms with Crippen molar-refractivity contribution in [1.29, 1.82) is 0 Å². The van der Waals surface area contributed by atoms with Gasteiger partial charge in [0.05, 0.1) is 16.6 Å². The summed E-state index contributed by atoms with van der Waals surface area (Å²) in [6, 6.07) is 6.60. The molecule has 8 nitrogen and oxygen atoms in total. The number of hydrogen-bond donors (Lipinski definition) is 1. The van der Waals surface area contributed by atoms with Crippen LogP contribution < -0.4 is 5.32 Å². The Morgan fingerprint density at radius 2 is 1.60 bits per heavy atom. The Morgan fingerprint density at radius 3 is 2.23 bits per heavy atom. The lowest BCUT2D eigenvalue weighted by Gasteiger charge is -2.30. The molecule has 0 bridgehead atoms. The van der Waals surface area contributed by atoms with Crippen LogP contribution in [0.2, 0.25) is 0 Å². The van der Waals surface area contributed by atoms with E-state index in [1.165, 1.54) is 8.61 Å². The fourth-order valence-corrected chi connectivity index (χ4v) is 6.66. The zero-order chi connectivity index (χ0) is 21.8. The summed E-state index contributed by atoms with van der Waals surface area (Å²) in [4.78, 5) is 12.8. The highest BCUT2D eigenvalue weighted by Gasteiger charge is 2.31. The van der Waals surface area contributed by atoms with Crippen LogP contribution in [0.3, 0.4) is 0 Å². The van der Waals surface area contributed by atoms with Gasteiger partial charge in [-0.15, -0.1) is 0 Å². The van der Waals surface area contributed by atoms with Gasteiger partial charge >= 0.3 is 0 Å². The standard InChI is InChI=1S/C20H31N3O5S2/c1-2-29(25,26)23-14-6-7-18(16-23)20(24)21-15-17-8-10-19(11-9-17)30(27,28)22-12-4-3-5-13-22/h8-11,18H,2-7,12-16H2,1H3,(H,21,24). The van der Waals surface area contributed by atoms with Crippen molar-refractivity contribution >= 4 is 26.0 Å². The quantitative estimate of drug-likeness (QED) is 0.669. The molecule has 0 aromatic heterocycles. The lowest BCUT2D eigenvalue weighted by molar-refractivity contribution is -0.126. The topological polar surface area (TPSA) is 104 Å². The van der Waals surface area contributed by atoms with E-state index in [0.717, 1.165) is 24.8 Å². The van der Waals surface area contributed by atoms with Gasteiger partial charge < -0.3 is 5.32 Å². The first-order valence-electron chi connectivity index (χ1n) is 10.6. The summed E-state index contributed by atoms with van der Waals surface area (Å²) in [7, 11) is -6.76. The Labute approximate surface area is 179 Å². The molecule has 1 aromatic carbocycles. The maximum Gasteiger partial charge on any atom is 0.243 e. The summed E-state index contributed by atoms with van der Waals surface area (Å²) in [6.45, 7) is 3.69. The summed E-state index contributed by atoms with van der Waals surface area (Å²) in [5.41, 5.74) is 0.801. The van der Waals surface area contributed by atoms with Crippen LogP contribution in [0.25, 0.3) is 0 Å². The van der Waals surface area contributed by atoms with Gasteiger partial charge in [0, 0.05) is 32.7 Å². The van der Waals surface area contributed by atoms with Crippen molar-refractivity contribution in [2.24, 2.45) is 5.92 Å². The number of sulfonamides is 2. The molecule has 1 N–H and O–H groups in total. The SMILES string of the molecule is CCS(=O)(=O)N1CCCC(C(=O)NCc2ccc(S(=O)(=O)N3CCCCC3)cc2)C1. The van der Waals surface area contributed by atoms with Gasteiger partial charge in [0.2, 0.25) is 26.0 Å². The van der Waals surface area contributed by atoms with E-state index in [-0.39, 0.29) is 35.6 Å². The van der Waals surface area contributed by atoms with E-state index in [9.17, 15) is 21.6 Å². The normalized spacial score (nSPS) is 22.0. The Bertz CT molecular complexity index is 939. The maximum absolute atomic E-state index is 12.7. The molecule has 2 fully saturated rings. The van der Waals surface area contributed by atoms with Crippen LogP contribution in [-0.4, -0.2) is 63.3 Å². The van der Waals surface area contributed by atoms with E-state index in [0.29, 0.717) is 32.5 Å². The molecule has 10 heteroatoms. The third kappa shape index (κ3) is 5.40. The lowest BCUT2D eigenvalue weighted by atomic mass is 9.99. The summed E-state index contributed by atoms with van der Waals surface area (Å²) in [6.07, 6.45) is 4.17. The number of nitrogens with zero attached hydrogens (tertiary/aromatic N) is 2. The monoisotopic (exact) mass is 457 g/mol. The predicted octanol–water partition coefficient (Wildman–Crippen LogP) is 1.54. The molecule has 1 atom stereocenters. The first-order valence-corrected chi connectivity index (χ1v) is 13.6. The van der Waals surface area contributed by atoms with E-state index >= 15 is 0 Å². The van der Waals surface area contributed by atoms with Crippen molar-refractivity contribution in [3.63, 3.8) is 0 Å². The zero-order valence-electron chi connectivity index (χ0n) is 17.4. The molecule has 0 radical (unpaired) electrons. The lowest BCUT2D eigenvalue weighted by Crippen LogP contribution is -2.45. The fraction of sp³-hybridized carbons (Fsp3) is 0.650. The minimum absolute atomic E-state index is 0.0357. The summed E-state index contributed by atoms with van der Waals surface area (Å²) < 4.78 is 52.5. The van der Waals surface area contributed by atoms with Gasteiger partial charge in [0.25, 0.3) is 0 Å². The van der Waals surface area contributed by atoms with Crippen LogP contribution >= 0.6 is 0 Å². The Kier molecular flexibility index (Phi) is 7.54. The molecular formula is C20H31N3O5S2. The van der Waals surface area contributed by atoms with Gasteiger partial charge in [0.1, 0.15) is 0 Å². The molecule has 168 valence electrons. The highest BCUT2D eigenvalue weighted by Crippen LogP contribution is 2.22. The Morgan fingerprint density at radius 1 is 0.967 bits per heavy atom. The van der Waals surface area contributed by atoms with Gasteiger partial charge in [-0.3, -0.25) is 4.79 Å². The minimum atomic E-state index is -3.47. The number of carbonyl (C=O) groups is 1. The first-order chi connectivity index (χ1) is 14.2. The molecule has 1 amide bonds. The second-order valence-corrected chi connectivity index (χ2v) is 12.1. The molecule has 2 saturated heterocycles. The molecule has 0 spiro atoms. The van der Waals surface area contributed by atoms with E-state index in [1.807, 2.05) is 0 Å². The average molecular weight is 458 g/mol. The van der Waals surface area contributed by atoms with Crippen LogP contribution in [0, 0.1) is 5.92 Å². The predicted molar refractivity (Wildman–Crippen MR) is 115 cm³/mol. The van der Waals surface area contributed by atoms with E-state index in [2.05, 4.69) is 5.32 Å². The molecule has 2 aliphatic heterocycles. The highest BCUT2D eigenvalue weighted by molar-refractivity contribution is 7.89. The van der Waals surface area contributed by atoms with Crippen molar-refractivity contribution in [2.45, 2.75) is 50.5 Å². The van der Waals surface area contributed by atoms with Crippen LogP contribution in [0.4, 0.5) is 0 Å².